The van der Waals surface area contributed by atoms with Gasteiger partial charge in [0.1, 0.15) is 11.8 Å². The second-order valence-corrected chi connectivity index (χ2v) is 3.38. The Bertz CT molecular complexity index is 422. The number of halogens is 1. The number of aromatic nitrogens is 1. The van der Waals surface area contributed by atoms with Gasteiger partial charge in [0.25, 0.3) is 0 Å². The molecule has 0 fully saturated rings. The molecule has 0 amide bonds. The lowest BCUT2D eigenvalue weighted by Crippen LogP contribution is -2.14. The van der Waals surface area contributed by atoms with Crippen LogP contribution in [-0.2, 0) is 4.79 Å². The average Bonchev–Trinajstić information content (AvgIpc) is 2.16. The fourth-order valence-corrected chi connectivity index (χ4v) is 1.47. The Balaban J connectivity index is 3.37. The zero-order valence-electron chi connectivity index (χ0n) is 7.12. The van der Waals surface area contributed by atoms with Gasteiger partial charge in [-0.3, -0.25) is 0 Å². The largest absolute Gasteiger partial charge is 0.479 e. The molecule has 1 aromatic heterocycles. The van der Waals surface area contributed by atoms with Crippen molar-refractivity contribution >= 4 is 27.7 Å². The highest BCUT2D eigenvalue weighted by Gasteiger charge is 2.29. The molecule has 2 N–H and O–H groups in total. The number of nitrogens with zero attached hydrogens (tertiary/aromatic N) is 2. The summed E-state index contributed by atoms with van der Waals surface area (Å²) in [5.41, 5.74) is -0.366. The molecule has 8 heteroatoms. The third-order valence-corrected chi connectivity index (χ3v) is 2.29. The SMILES string of the molecule is O=C(O)C(O)c1c(Br)ccnc1[N+](=O)[O-]. The van der Waals surface area contributed by atoms with E-state index < -0.39 is 22.8 Å². The number of carboxylic acids is 1. The molecule has 1 rings (SSSR count). The molecular weight excluding hydrogens is 272 g/mol. The van der Waals surface area contributed by atoms with Gasteiger partial charge in [-0.15, -0.1) is 0 Å². The lowest BCUT2D eigenvalue weighted by molar-refractivity contribution is -0.390. The van der Waals surface area contributed by atoms with Crippen molar-refractivity contribution in [1.82, 2.24) is 4.98 Å². The number of aliphatic carboxylic acids is 1. The van der Waals surface area contributed by atoms with Crippen LogP contribution in [0, 0.1) is 10.1 Å². The number of carbonyl (C=O) groups is 1. The average molecular weight is 277 g/mol. The minimum atomic E-state index is -1.98. The maximum Gasteiger partial charge on any atom is 0.371 e. The molecule has 0 saturated carbocycles. The first-order chi connectivity index (χ1) is 6.95. The number of aliphatic hydroxyl groups excluding tert-OH is 1. The third-order valence-electron chi connectivity index (χ3n) is 1.60. The first kappa shape index (κ1) is 11.5. The van der Waals surface area contributed by atoms with E-state index in [1.54, 1.807) is 0 Å². The fourth-order valence-electron chi connectivity index (χ4n) is 0.961. The number of hydrogen-bond donors (Lipinski definition) is 2. The number of rotatable bonds is 3. The Kier molecular flexibility index (Phi) is 3.32. The molecule has 7 nitrogen and oxygen atoms in total. The van der Waals surface area contributed by atoms with Gasteiger partial charge in [-0.1, -0.05) is 0 Å². The number of aliphatic hydroxyl groups is 1. The van der Waals surface area contributed by atoms with Crippen molar-refractivity contribution in [2.75, 3.05) is 0 Å². The van der Waals surface area contributed by atoms with Gasteiger partial charge < -0.3 is 20.3 Å². The van der Waals surface area contributed by atoms with E-state index >= 15 is 0 Å². The highest BCUT2D eigenvalue weighted by atomic mass is 79.9. The van der Waals surface area contributed by atoms with Gasteiger partial charge in [0.2, 0.25) is 0 Å². The van der Waals surface area contributed by atoms with E-state index in [2.05, 4.69) is 20.9 Å². The van der Waals surface area contributed by atoms with Gasteiger partial charge in [0.15, 0.2) is 6.10 Å². The summed E-state index contributed by atoms with van der Waals surface area (Å²) in [6.07, 6.45) is -0.839. The van der Waals surface area contributed by atoms with Gasteiger partial charge in [-0.05, 0) is 31.9 Å². The van der Waals surface area contributed by atoms with Crippen LogP contribution in [0.3, 0.4) is 0 Å². The molecule has 1 aromatic rings. The third kappa shape index (κ3) is 2.28. The minimum absolute atomic E-state index is 0.124. The Morgan fingerprint density at radius 2 is 2.27 bits per heavy atom. The Morgan fingerprint density at radius 3 is 2.73 bits per heavy atom. The standard InChI is InChI=1S/C7H5BrN2O5/c8-3-1-2-9-6(10(14)15)4(3)5(11)7(12)13/h1-2,5,11H,(H,12,13). The molecule has 0 aliphatic rings. The molecule has 1 atom stereocenters. The number of hydrogen-bond acceptors (Lipinski definition) is 5. The first-order valence-electron chi connectivity index (χ1n) is 3.64. The monoisotopic (exact) mass is 276 g/mol. The molecular formula is C7H5BrN2O5. The molecule has 15 heavy (non-hydrogen) atoms. The van der Waals surface area contributed by atoms with Crippen LogP contribution in [0.2, 0.25) is 0 Å². The summed E-state index contributed by atoms with van der Waals surface area (Å²) >= 11 is 2.92. The van der Waals surface area contributed by atoms with E-state index in [1.165, 1.54) is 6.07 Å². The second kappa shape index (κ2) is 4.32. The summed E-state index contributed by atoms with van der Waals surface area (Å²) in [6, 6.07) is 1.31. The summed E-state index contributed by atoms with van der Waals surface area (Å²) in [5, 5.41) is 28.3. The zero-order valence-corrected chi connectivity index (χ0v) is 8.71. The number of nitro groups is 1. The highest BCUT2D eigenvalue weighted by molar-refractivity contribution is 9.10. The molecule has 80 valence electrons. The van der Waals surface area contributed by atoms with E-state index in [1.807, 2.05) is 0 Å². The molecule has 0 saturated heterocycles. The number of pyridine rings is 1. The summed E-state index contributed by atoms with van der Waals surface area (Å²) < 4.78 is 0.124. The van der Waals surface area contributed by atoms with Gasteiger partial charge in [0.05, 0.1) is 0 Å². The van der Waals surface area contributed by atoms with Crippen LogP contribution in [0.4, 0.5) is 5.82 Å². The molecule has 0 aliphatic carbocycles. The lowest BCUT2D eigenvalue weighted by atomic mass is 10.1. The summed E-state index contributed by atoms with van der Waals surface area (Å²) in [4.78, 5) is 23.6. The lowest BCUT2D eigenvalue weighted by Gasteiger charge is -2.07. The molecule has 1 heterocycles. The van der Waals surface area contributed by atoms with Gasteiger partial charge >= 0.3 is 11.8 Å². The molecule has 1 unspecified atom stereocenters. The van der Waals surface area contributed by atoms with Crippen LogP contribution >= 0.6 is 15.9 Å². The molecule has 0 spiro atoms. The Hall–Kier alpha value is -1.54. The van der Waals surface area contributed by atoms with Crippen molar-refractivity contribution < 1.29 is 19.9 Å². The normalized spacial score (nSPS) is 12.1. The van der Waals surface area contributed by atoms with E-state index in [0.717, 1.165) is 6.20 Å². The van der Waals surface area contributed by atoms with Gasteiger partial charge in [-0.25, -0.2) is 4.79 Å². The van der Waals surface area contributed by atoms with Crippen molar-refractivity contribution in [2.24, 2.45) is 0 Å². The van der Waals surface area contributed by atoms with Crippen molar-refractivity contribution in [3.63, 3.8) is 0 Å². The highest BCUT2D eigenvalue weighted by Crippen LogP contribution is 2.30. The smallest absolute Gasteiger partial charge is 0.371 e. The van der Waals surface area contributed by atoms with Crippen molar-refractivity contribution in [3.05, 3.63) is 32.4 Å². The summed E-state index contributed by atoms with van der Waals surface area (Å²) in [5.74, 6) is -2.26. The van der Waals surface area contributed by atoms with E-state index in [0.29, 0.717) is 0 Å². The van der Waals surface area contributed by atoms with Gasteiger partial charge in [0, 0.05) is 4.47 Å². The molecule has 0 aliphatic heterocycles. The Morgan fingerprint density at radius 1 is 1.67 bits per heavy atom. The second-order valence-electron chi connectivity index (χ2n) is 2.53. The predicted octanol–water partition coefficient (Wildman–Crippen LogP) is 0.870. The van der Waals surface area contributed by atoms with E-state index in [4.69, 9.17) is 5.11 Å². The van der Waals surface area contributed by atoms with Crippen LogP contribution in [0.15, 0.2) is 16.7 Å². The maximum atomic E-state index is 10.5. The van der Waals surface area contributed by atoms with E-state index in [9.17, 15) is 20.0 Å². The maximum absolute atomic E-state index is 10.5. The fraction of sp³-hybridized carbons (Fsp3) is 0.143. The predicted molar refractivity (Wildman–Crippen MR) is 51.2 cm³/mol. The summed E-state index contributed by atoms with van der Waals surface area (Å²) in [7, 11) is 0. The molecule has 0 radical (unpaired) electrons. The van der Waals surface area contributed by atoms with Crippen molar-refractivity contribution in [1.29, 1.82) is 0 Å². The quantitative estimate of drug-likeness (QED) is 0.626. The van der Waals surface area contributed by atoms with Crippen LogP contribution < -0.4 is 0 Å². The summed E-state index contributed by atoms with van der Waals surface area (Å²) in [6.45, 7) is 0. The number of carboxylic acid groups (broad SMARTS) is 1. The van der Waals surface area contributed by atoms with Crippen LogP contribution in [0.1, 0.15) is 11.7 Å². The van der Waals surface area contributed by atoms with Crippen molar-refractivity contribution in [2.45, 2.75) is 6.10 Å². The topological polar surface area (TPSA) is 114 Å². The van der Waals surface area contributed by atoms with E-state index in [-0.39, 0.29) is 10.0 Å². The Labute approximate surface area is 91.7 Å². The zero-order chi connectivity index (χ0) is 11.6. The van der Waals surface area contributed by atoms with Crippen LogP contribution in [-0.4, -0.2) is 26.1 Å². The van der Waals surface area contributed by atoms with Crippen molar-refractivity contribution in [3.8, 4) is 0 Å². The first-order valence-corrected chi connectivity index (χ1v) is 4.44. The van der Waals surface area contributed by atoms with Crippen LogP contribution in [0.5, 0.6) is 0 Å². The molecule has 0 bridgehead atoms. The molecule has 0 aromatic carbocycles. The minimum Gasteiger partial charge on any atom is -0.479 e. The van der Waals surface area contributed by atoms with Crippen LogP contribution in [0.25, 0.3) is 0 Å². The van der Waals surface area contributed by atoms with Gasteiger partial charge in [-0.2, -0.15) is 0 Å².